The van der Waals surface area contributed by atoms with Crippen LogP contribution >= 0.6 is 15.9 Å². The largest absolute Gasteiger partial charge is 0.495 e. The van der Waals surface area contributed by atoms with Gasteiger partial charge in [-0.25, -0.2) is 13.2 Å². The van der Waals surface area contributed by atoms with Crippen LogP contribution in [0.3, 0.4) is 0 Å². The molecular weight excluding hydrogens is 462 g/mol. The summed E-state index contributed by atoms with van der Waals surface area (Å²) < 4.78 is 44.1. The van der Waals surface area contributed by atoms with Gasteiger partial charge in [-0.1, -0.05) is 22.0 Å². The van der Waals surface area contributed by atoms with Gasteiger partial charge < -0.3 is 14.2 Å². The fourth-order valence-electron chi connectivity index (χ4n) is 3.01. The minimum Gasteiger partial charge on any atom is -0.495 e. The van der Waals surface area contributed by atoms with Crippen molar-refractivity contribution in [3.8, 4) is 11.5 Å². The summed E-state index contributed by atoms with van der Waals surface area (Å²) in [5.74, 6) is 0.230. The minimum atomic E-state index is -3.73. The van der Waals surface area contributed by atoms with Crippen molar-refractivity contribution in [3.05, 3.63) is 52.5 Å². The molecule has 0 spiro atoms. The number of ether oxygens (including phenoxy) is 3. The van der Waals surface area contributed by atoms with E-state index in [0.29, 0.717) is 18.8 Å². The number of sulfonamides is 1. The highest BCUT2D eigenvalue weighted by atomic mass is 79.9. The number of benzene rings is 2. The zero-order valence-electron chi connectivity index (χ0n) is 16.0. The molecule has 2 aromatic carbocycles. The van der Waals surface area contributed by atoms with Gasteiger partial charge >= 0.3 is 5.97 Å². The van der Waals surface area contributed by atoms with E-state index in [0.717, 1.165) is 17.3 Å². The highest BCUT2D eigenvalue weighted by molar-refractivity contribution is 9.10. The molecule has 2 aromatic rings. The molecule has 0 aliphatic carbocycles. The fourth-order valence-corrected chi connectivity index (χ4v) is 5.08. The van der Waals surface area contributed by atoms with E-state index in [4.69, 9.17) is 14.2 Å². The SMILES string of the molecule is COc1ccc(C(=O)OCCOc2cccc(Br)c2)cc1S(=O)(=O)N1CCCC1. The molecule has 0 bridgehead atoms. The molecule has 1 aliphatic rings. The monoisotopic (exact) mass is 483 g/mol. The number of halogens is 1. The first-order valence-corrected chi connectivity index (χ1v) is 11.4. The summed E-state index contributed by atoms with van der Waals surface area (Å²) in [6.07, 6.45) is 1.64. The second-order valence-electron chi connectivity index (χ2n) is 6.42. The molecular formula is C20H22BrNO6S. The molecule has 29 heavy (non-hydrogen) atoms. The van der Waals surface area contributed by atoms with Crippen LogP contribution in [0, 0.1) is 0 Å². The number of carbonyl (C=O) groups excluding carboxylic acids is 1. The zero-order valence-corrected chi connectivity index (χ0v) is 18.4. The number of carbonyl (C=O) groups is 1. The van der Waals surface area contributed by atoms with Crippen molar-refractivity contribution < 1.29 is 27.4 Å². The molecule has 0 radical (unpaired) electrons. The summed E-state index contributed by atoms with van der Waals surface area (Å²) in [4.78, 5) is 12.3. The van der Waals surface area contributed by atoms with Crippen LogP contribution in [0.15, 0.2) is 51.8 Å². The van der Waals surface area contributed by atoms with Crippen molar-refractivity contribution in [1.82, 2.24) is 4.31 Å². The van der Waals surface area contributed by atoms with E-state index in [1.54, 1.807) is 12.1 Å². The van der Waals surface area contributed by atoms with Crippen molar-refractivity contribution in [2.24, 2.45) is 0 Å². The van der Waals surface area contributed by atoms with Crippen molar-refractivity contribution in [2.45, 2.75) is 17.7 Å². The van der Waals surface area contributed by atoms with E-state index in [1.165, 1.54) is 29.6 Å². The maximum Gasteiger partial charge on any atom is 0.338 e. The lowest BCUT2D eigenvalue weighted by Crippen LogP contribution is -2.28. The summed E-state index contributed by atoms with van der Waals surface area (Å²) in [5.41, 5.74) is 0.144. The average Bonchev–Trinajstić information content (AvgIpc) is 3.26. The number of hydrogen-bond acceptors (Lipinski definition) is 6. The van der Waals surface area contributed by atoms with Crippen LogP contribution in [0.2, 0.25) is 0 Å². The van der Waals surface area contributed by atoms with Crippen LogP contribution in [-0.4, -0.2) is 52.1 Å². The second kappa shape index (κ2) is 9.60. The molecule has 156 valence electrons. The zero-order chi connectivity index (χ0) is 20.9. The third kappa shape index (κ3) is 5.29. The minimum absolute atomic E-state index is 0.0262. The van der Waals surface area contributed by atoms with Crippen LogP contribution in [0.25, 0.3) is 0 Å². The topological polar surface area (TPSA) is 82.1 Å². The van der Waals surface area contributed by atoms with Crippen molar-refractivity contribution in [3.63, 3.8) is 0 Å². The van der Waals surface area contributed by atoms with Crippen molar-refractivity contribution in [2.75, 3.05) is 33.4 Å². The van der Waals surface area contributed by atoms with Gasteiger partial charge in [-0.3, -0.25) is 0 Å². The Kier molecular flexibility index (Phi) is 7.15. The van der Waals surface area contributed by atoms with Crippen LogP contribution in [0.1, 0.15) is 23.2 Å². The highest BCUT2D eigenvalue weighted by Gasteiger charge is 2.30. The predicted octanol–water partition coefficient (Wildman–Crippen LogP) is 3.48. The highest BCUT2D eigenvalue weighted by Crippen LogP contribution is 2.30. The van der Waals surface area contributed by atoms with Gasteiger partial charge in [-0.15, -0.1) is 0 Å². The van der Waals surface area contributed by atoms with Crippen LogP contribution in [0.4, 0.5) is 0 Å². The lowest BCUT2D eigenvalue weighted by atomic mass is 10.2. The first-order chi connectivity index (χ1) is 13.9. The molecule has 1 heterocycles. The van der Waals surface area contributed by atoms with Gasteiger partial charge in [0, 0.05) is 17.6 Å². The van der Waals surface area contributed by atoms with Gasteiger partial charge in [0.1, 0.15) is 29.6 Å². The Balaban J connectivity index is 1.66. The predicted molar refractivity (Wildman–Crippen MR) is 111 cm³/mol. The molecule has 0 amide bonds. The van der Waals surface area contributed by atoms with E-state index >= 15 is 0 Å². The summed E-state index contributed by atoms with van der Waals surface area (Å²) in [6, 6.07) is 11.6. The van der Waals surface area contributed by atoms with E-state index < -0.39 is 16.0 Å². The van der Waals surface area contributed by atoms with Gasteiger partial charge in [-0.05, 0) is 49.2 Å². The molecule has 0 atom stereocenters. The number of rotatable bonds is 8. The Morgan fingerprint density at radius 2 is 1.86 bits per heavy atom. The van der Waals surface area contributed by atoms with Gasteiger partial charge in [0.25, 0.3) is 0 Å². The van der Waals surface area contributed by atoms with Crippen LogP contribution in [0.5, 0.6) is 11.5 Å². The normalized spacial score (nSPS) is 14.6. The average molecular weight is 484 g/mol. The van der Waals surface area contributed by atoms with E-state index in [9.17, 15) is 13.2 Å². The van der Waals surface area contributed by atoms with Crippen molar-refractivity contribution in [1.29, 1.82) is 0 Å². The van der Waals surface area contributed by atoms with E-state index in [-0.39, 0.29) is 29.4 Å². The third-order valence-electron chi connectivity index (χ3n) is 4.46. The summed E-state index contributed by atoms with van der Waals surface area (Å²) in [6.45, 7) is 1.14. The second-order valence-corrected chi connectivity index (χ2v) is 9.24. The number of nitrogens with zero attached hydrogens (tertiary/aromatic N) is 1. The Bertz CT molecular complexity index is 973. The van der Waals surface area contributed by atoms with E-state index in [2.05, 4.69) is 15.9 Å². The number of methoxy groups -OCH3 is 1. The van der Waals surface area contributed by atoms with Gasteiger partial charge in [0.15, 0.2) is 0 Å². The molecule has 0 N–H and O–H groups in total. The molecule has 0 unspecified atom stereocenters. The van der Waals surface area contributed by atoms with Crippen LogP contribution in [-0.2, 0) is 14.8 Å². The molecule has 0 saturated carbocycles. The Morgan fingerprint density at radius 1 is 1.10 bits per heavy atom. The number of esters is 1. The van der Waals surface area contributed by atoms with Crippen LogP contribution < -0.4 is 9.47 Å². The first-order valence-electron chi connectivity index (χ1n) is 9.15. The molecule has 3 rings (SSSR count). The molecule has 9 heteroatoms. The number of hydrogen-bond donors (Lipinski definition) is 0. The fraction of sp³-hybridized carbons (Fsp3) is 0.350. The van der Waals surface area contributed by atoms with Crippen molar-refractivity contribution >= 4 is 31.9 Å². The Morgan fingerprint density at radius 3 is 2.55 bits per heavy atom. The van der Waals surface area contributed by atoms with Gasteiger partial charge in [0.05, 0.1) is 12.7 Å². The maximum absolute atomic E-state index is 12.9. The lowest BCUT2D eigenvalue weighted by molar-refractivity contribution is 0.0450. The molecule has 7 nitrogen and oxygen atoms in total. The molecule has 0 aromatic heterocycles. The Labute approximate surface area is 178 Å². The third-order valence-corrected chi connectivity index (χ3v) is 6.88. The summed E-state index contributed by atoms with van der Waals surface area (Å²) in [5, 5.41) is 0. The lowest BCUT2D eigenvalue weighted by Gasteiger charge is -2.18. The smallest absolute Gasteiger partial charge is 0.338 e. The van der Waals surface area contributed by atoms with E-state index in [1.807, 2.05) is 12.1 Å². The standard InChI is InChI=1S/C20H22BrNO6S/c1-26-18-8-7-15(13-19(18)29(24,25)22-9-2-3-10-22)20(23)28-12-11-27-17-6-4-5-16(21)14-17/h4-8,13-14H,2-3,9-12H2,1H3. The Hall–Kier alpha value is -2.10. The maximum atomic E-state index is 12.9. The molecule has 1 aliphatic heterocycles. The summed E-state index contributed by atoms with van der Waals surface area (Å²) >= 11 is 3.36. The van der Waals surface area contributed by atoms with Gasteiger partial charge in [0.2, 0.25) is 10.0 Å². The summed E-state index contributed by atoms with van der Waals surface area (Å²) in [7, 11) is -2.33. The molecule has 1 fully saturated rings. The van der Waals surface area contributed by atoms with Gasteiger partial charge in [-0.2, -0.15) is 4.31 Å². The first kappa shape index (κ1) is 21.6. The molecule has 1 saturated heterocycles. The quantitative estimate of drug-likeness (QED) is 0.422.